The number of hydrogen-bond acceptors (Lipinski definition) is 4. The minimum atomic E-state index is 0.416. The average Bonchev–Trinajstić information content (AvgIpc) is 2.89. The van der Waals surface area contributed by atoms with E-state index in [9.17, 15) is 0 Å². The summed E-state index contributed by atoms with van der Waals surface area (Å²) < 4.78 is 0. The summed E-state index contributed by atoms with van der Waals surface area (Å²) >= 11 is 0. The summed E-state index contributed by atoms with van der Waals surface area (Å²) in [5, 5.41) is 0. The van der Waals surface area contributed by atoms with Gasteiger partial charge in [-0.3, -0.25) is 4.90 Å². The molecule has 3 rings (SSSR count). The molecule has 4 heteroatoms. The van der Waals surface area contributed by atoms with E-state index in [1.165, 1.54) is 25.8 Å². The highest BCUT2D eigenvalue weighted by atomic mass is 15.3. The van der Waals surface area contributed by atoms with E-state index in [1.807, 2.05) is 6.92 Å². The van der Waals surface area contributed by atoms with Crippen molar-refractivity contribution in [3.63, 3.8) is 0 Å². The van der Waals surface area contributed by atoms with Crippen molar-refractivity contribution < 1.29 is 0 Å². The van der Waals surface area contributed by atoms with Gasteiger partial charge in [-0.15, -0.1) is 0 Å². The minimum absolute atomic E-state index is 0.416. The summed E-state index contributed by atoms with van der Waals surface area (Å²) in [6.45, 7) is 5.52. The second-order valence-corrected chi connectivity index (χ2v) is 5.44. The van der Waals surface area contributed by atoms with E-state index in [-0.39, 0.29) is 0 Å². The molecule has 2 fully saturated rings. The zero-order valence-electron chi connectivity index (χ0n) is 10.7. The molecule has 2 aliphatic heterocycles. The van der Waals surface area contributed by atoms with Gasteiger partial charge in [-0.05, 0) is 39.8 Å². The molecular formula is C13H20N4. The Labute approximate surface area is 103 Å². The van der Waals surface area contributed by atoms with Crippen LogP contribution in [0.2, 0.25) is 0 Å². The van der Waals surface area contributed by atoms with Crippen molar-refractivity contribution in [2.75, 3.05) is 31.6 Å². The Hall–Kier alpha value is -1.16. The number of aromatic nitrogens is 2. The first-order valence-corrected chi connectivity index (χ1v) is 6.44. The molecule has 0 aliphatic carbocycles. The molecule has 1 aromatic heterocycles. The quantitative estimate of drug-likeness (QED) is 0.734. The predicted molar refractivity (Wildman–Crippen MR) is 68.2 cm³/mol. The van der Waals surface area contributed by atoms with E-state index in [1.54, 1.807) is 6.33 Å². The third-order valence-corrected chi connectivity index (χ3v) is 4.39. The van der Waals surface area contributed by atoms with Gasteiger partial charge in [0.2, 0.25) is 0 Å². The van der Waals surface area contributed by atoms with E-state index in [2.05, 4.69) is 32.9 Å². The van der Waals surface area contributed by atoms with Gasteiger partial charge in [0.15, 0.2) is 0 Å². The van der Waals surface area contributed by atoms with Crippen LogP contribution in [0.1, 0.15) is 25.0 Å². The Bertz CT molecular complexity index is 420. The van der Waals surface area contributed by atoms with Crippen LogP contribution in [0.15, 0.2) is 12.4 Å². The maximum absolute atomic E-state index is 4.40. The van der Waals surface area contributed by atoms with Crippen molar-refractivity contribution in [1.82, 2.24) is 14.9 Å². The number of rotatable bonds is 1. The van der Waals surface area contributed by atoms with Gasteiger partial charge in [0.05, 0.1) is 0 Å². The second-order valence-electron chi connectivity index (χ2n) is 5.44. The molecule has 1 atom stereocenters. The normalized spacial score (nSPS) is 29.4. The van der Waals surface area contributed by atoms with Crippen LogP contribution < -0.4 is 4.90 Å². The van der Waals surface area contributed by atoms with E-state index in [0.29, 0.717) is 5.54 Å². The SMILES string of the molecule is Cc1cc(N2CCC3(CCCN3C)C2)ncn1. The van der Waals surface area contributed by atoms with Crippen LogP contribution in [0.25, 0.3) is 0 Å². The highest BCUT2D eigenvalue weighted by Gasteiger charge is 2.44. The van der Waals surface area contributed by atoms with Gasteiger partial charge < -0.3 is 4.90 Å². The van der Waals surface area contributed by atoms with Gasteiger partial charge in [0.1, 0.15) is 12.1 Å². The Kier molecular flexibility index (Phi) is 2.54. The molecule has 1 unspecified atom stereocenters. The lowest BCUT2D eigenvalue weighted by Gasteiger charge is -2.32. The molecule has 0 bridgehead atoms. The summed E-state index contributed by atoms with van der Waals surface area (Å²) in [7, 11) is 2.27. The van der Waals surface area contributed by atoms with Crippen LogP contribution in [-0.4, -0.2) is 47.1 Å². The lowest BCUT2D eigenvalue weighted by Crippen LogP contribution is -2.43. The van der Waals surface area contributed by atoms with E-state index < -0.39 is 0 Å². The Morgan fingerprint density at radius 1 is 1.24 bits per heavy atom. The topological polar surface area (TPSA) is 32.3 Å². The molecule has 17 heavy (non-hydrogen) atoms. The lowest BCUT2D eigenvalue weighted by atomic mass is 9.96. The number of nitrogens with zero attached hydrogens (tertiary/aromatic N) is 4. The average molecular weight is 232 g/mol. The monoisotopic (exact) mass is 232 g/mol. The Morgan fingerprint density at radius 2 is 2.12 bits per heavy atom. The number of likely N-dealkylation sites (tertiary alicyclic amines) is 1. The van der Waals surface area contributed by atoms with Gasteiger partial charge >= 0.3 is 0 Å². The van der Waals surface area contributed by atoms with E-state index >= 15 is 0 Å². The standard InChI is InChI=1S/C13H20N4/c1-11-8-12(15-10-14-11)17-7-5-13(9-17)4-3-6-16(13)2/h8,10H,3-7,9H2,1-2H3. The van der Waals surface area contributed by atoms with Crippen LogP contribution in [0.3, 0.4) is 0 Å². The maximum Gasteiger partial charge on any atom is 0.132 e. The number of aryl methyl sites for hydroxylation is 1. The number of likely N-dealkylation sites (N-methyl/N-ethyl adjacent to an activating group) is 1. The van der Waals surface area contributed by atoms with Gasteiger partial charge in [0, 0.05) is 30.4 Å². The van der Waals surface area contributed by atoms with Crippen LogP contribution >= 0.6 is 0 Å². The fourth-order valence-electron chi connectivity index (χ4n) is 3.25. The van der Waals surface area contributed by atoms with Crippen molar-refractivity contribution >= 4 is 5.82 Å². The van der Waals surface area contributed by atoms with Crippen molar-refractivity contribution in [2.45, 2.75) is 31.7 Å². The highest BCUT2D eigenvalue weighted by molar-refractivity contribution is 5.41. The van der Waals surface area contributed by atoms with Gasteiger partial charge in [0.25, 0.3) is 0 Å². The smallest absolute Gasteiger partial charge is 0.132 e. The largest absolute Gasteiger partial charge is 0.355 e. The zero-order valence-corrected chi connectivity index (χ0v) is 10.7. The minimum Gasteiger partial charge on any atom is -0.355 e. The van der Waals surface area contributed by atoms with Crippen LogP contribution in [0.5, 0.6) is 0 Å². The molecule has 1 aromatic rings. The fraction of sp³-hybridized carbons (Fsp3) is 0.692. The fourth-order valence-corrected chi connectivity index (χ4v) is 3.25. The van der Waals surface area contributed by atoms with Crippen molar-refractivity contribution in [1.29, 1.82) is 0 Å². The summed E-state index contributed by atoms with van der Waals surface area (Å²) in [6, 6.07) is 2.09. The number of hydrogen-bond donors (Lipinski definition) is 0. The summed E-state index contributed by atoms with van der Waals surface area (Å²) in [5.41, 5.74) is 1.47. The molecule has 0 amide bonds. The predicted octanol–water partition coefficient (Wildman–Crippen LogP) is 1.46. The second kappa shape index (κ2) is 3.95. The summed E-state index contributed by atoms with van der Waals surface area (Å²) in [4.78, 5) is 13.5. The van der Waals surface area contributed by atoms with Gasteiger partial charge in [-0.1, -0.05) is 0 Å². The van der Waals surface area contributed by atoms with Crippen molar-refractivity contribution in [2.24, 2.45) is 0 Å². The molecular weight excluding hydrogens is 212 g/mol. The lowest BCUT2D eigenvalue weighted by molar-refractivity contribution is 0.198. The molecule has 4 nitrogen and oxygen atoms in total. The van der Waals surface area contributed by atoms with Crippen LogP contribution in [0, 0.1) is 6.92 Å². The van der Waals surface area contributed by atoms with Gasteiger partial charge in [-0.25, -0.2) is 9.97 Å². The van der Waals surface area contributed by atoms with Crippen LogP contribution in [0.4, 0.5) is 5.82 Å². The van der Waals surface area contributed by atoms with E-state index in [4.69, 9.17) is 0 Å². The Balaban J connectivity index is 1.80. The summed E-state index contributed by atoms with van der Waals surface area (Å²) in [5.74, 6) is 1.09. The third-order valence-electron chi connectivity index (χ3n) is 4.39. The molecule has 2 aliphatic rings. The van der Waals surface area contributed by atoms with E-state index in [0.717, 1.165) is 24.6 Å². The first-order valence-electron chi connectivity index (χ1n) is 6.44. The molecule has 0 radical (unpaired) electrons. The molecule has 3 heterocycles. The Morgan fingerprint density at radius 3 is 2.82 bits per heavy atom. The zero-order chi connectivity index (χ0) is 11.9. The first kappa shape index (κ1) is 11.0. The highest BCUT2D eigenvalue weighted by Crippen LogP contribution is 2.37. The molecule has 0 saturated carbocycles. The molecule has 0 N–H and O–H groups in total. The van der Waals surface area contributed by atoms with Crippen molar-refractivity contribution in [3.05, 3.63) is 18.1 Å². The van der Waals surface area contributed by atoms with Gasteiger partial charge in [-0.2, -0.15) is 0 Å². The molecule has 92 valence electrons. The van der Waals surface area contributed by atoms with Crippen LogP contribution in [-0.2, 0) is 0 Å². The first-order chi connectivity index (χ1) is 8.20. The third kappa shape index (κ3) is 1.80. The molecule has 2 saturated heterocycles. The number of anilines is 1. The summed E-state index contributed by atoms with van der Waals surface area (Å²) in [6.07, 6.45) is 5.62. The van der Waals surface area contributed by atoms with Crippen molar-refractivity contribution in [3.8, 4) is 0 Å². The molecule has 1 spiro atoms. The molecule has 0 aromatic carbocycles. The maximum atomic E-state index is 4.40.